The second kappa shape index (κ2) is 6.43. The van der Waals surface area contributed by atoms with Crippen LogP contribution in [0.25, 0.3) is 0 Å². The lowest BCUT2D eigenvalue weighted by molar-refractivity contribution is -0.118. The Balaban J connectivity index is 1.45. The minimum Gasteiger partial charge on any atom is -0.399 e. The number of hydrogen-bond acceptors (Lipinski definition) is 3. The summed E-state index contributed by atoms with van der Waals surface area (Å²) in [5.41, 5.74) is 1.17. The van der Waals surface area contributed by atoms with E-state index in [9.17, 15) is 9.18 Å². The fourth-order valence-corrected chi connectivity index (χ4v) is 3.49. The van der Waals surface area contributed by atoms with E-state index in [4.69, 9.17) is 9.31 Å². The molecule has 1 heterocycles. The minimum absolute atomic E-state index is 0.0532. The molecule has 28 heavy (non-hydrogen) atoms. The average Bonchev–Trinajstić information content (AvgIpc) is 3.40. The maximum Gasteiger partial charge on any atom is 0.494 e. The van der Waals surface area contributed by atoms with Gasteiger partial charge in [-0.25, -0.2) is 4.39 Å². The number of halogens is 1. The molecule has 0 aromatic heterocycles. The Morgan fingerprint density at radius 2 is 1.46 bits per heavy atom. The first-order valence-corrected chi connectivity index (χ1v) is 9.66. The molecule has 6 heteroatoms. The van der Waals surface area contributed by atoms with Crippen molar-refractivity contribution in [1.29, 1.82) is 0 Å². The van der Waals surface area contributed by atoms with E-state index >= 15 is 0 Å². The lowest BCUT2D eigenvalue weighted by Gasteiger charge is -2.32. The Hall–Kier alpha value is -2.18. The quantitative estimate of drug-likeness (QED) is 0.820. The maximum absolute atomic E-state index is 13.2. The smallest absolute Gasteiger partial charge is 0.399 e. The molecule has 1 saturated heterocycles. The van der Waals surface area contributed by atoms with Crippen LogP contribution < -0.4 is 10.8 Å². The van der Waals surface area contributed by atoms with Crippen LogP contribution >= 0.6 is 0 Å². The Morgan fingerprint density at radius 1 is 0.929 bits per heavy atom. The Labute approximate surface area is 165 Å². The van der Waals surface area contributed by atoms with Crippen LogP contribution in [-0.2, 0) is 19.5 Å². The summed E-state index contributed by atoms with van der Waals surface area (Å²) < 4.78 is 25.3. The van der Waals surface area contributed by atoms with Gasteiger partial charge >= 0.3 is 7.12 Å². The molecule has 4 rings (SSSR count). The number of amides is 1. The van der Waals surface area contributed by atoms with Crippen LogP contribution in [0.2, 0.25) is 0 Å². The third kappa shape index (κ3) is 3.25. The van der Waals surface area contributed by atoms with Crippen LogP contribution in [0.3, 0.4) is 0 Å². The van der Waals surface area contributed by atoms with Gasteiger partial charge in [-0.15, -0.1) is 0 Å². The highest BCUT2D eigenvalue weighted by Crippen LogP contribution is 2.49. The van der Waals surface area contributed by atoms with Crippen molar-refractivity contribution in [3.63, 3.8) is 0 Å². The van der Waals surface area contributed by atoms with Crippen molar-refractivity contribution in [1.82, 2.24) is 0 Å². The second-order valence-corrected chi connectivity index (χ2v) is 8.75. The number of rotatable bonds is 4. The SMILES string of the molecule is CC1(C)OB(c2ccc(NC(=O)C3(c4ccc(F)cc4)CC3)cc2)OC1(C)C. The van der Waals surface area contributed by atoms with E-state index in [1.807, 2.05) is 52.0 Å². The topological polar surface area (TPSA) is 47.6 Å². The van der Waals surface area contributed by atoms with Gasteiger partial charge in [-0.1, -0.05) is 24.3 Å². The molecule has 2 fully saturated rings. The molecular weight excluding hydrogens is 356 g/mol. The molecule has 0 bridgehead atoms. The normalized spacial score (nSPS) is 21.4. The lowest BCUT2D eigenvalue weighted by atomic mass is 9.79. The minimum atomic E-state index is -0.544. The summed E-state index contributed by atoms with van der Waals surface area (Å²) in [6.07, 6.45) is 1.55. The molecule has 0 radical (unpaired) electrons. The largest absolute Gasteiger partial charge is 0.494 e. The van der Waals surface area contributed by atoms with Gasteiger partial charge < -0.3 is 14.6 Å². The summed E-state index contributed by atoms with van der Waals surface area (Å²) in [6, 6.07) is 13.7. The van der Waals surface area contributed by atoms with Crippen LogP contribution in [0.4, 0.5) is 10.1 Å². The number of carbonyl (C=O) groups excluding carboxylic acids is 1. The van der Waals surface area contributed by atoms with Gasteiger partial charge in [-0.3, -0.25) is 4.79 Å². The van der Waals surface area contributed by atoms with Gasteiger partial charge in [0, 0.05) is 5.69 Å². The van der Waals surface area contributed by atoms with Crippen molar-refractivity contribution in [2.24, 2.45) is 0 Å². The third-order valence-corrected chi connectivity index (χ3v) is 6.28. The first-order chi connectivity index (χ1) is 13.1. The van der Waals surface area contributed by atoms with E-state index in [0.717, 1.165) is 29.6 Å². The summed E-state index contributed by atoms with van der Waals surface area (Å²) in [6.45, 7) is 8.08. The Morgan fingerprint density at radius 3 is 1.96 bits per heavy atom. The maximum atomic E-state index is 13.2. The molecule has 2 aromatic carbocycles. The van der Waals surface area contributed by atoms with Crippen molar-refractivity contribution in [2.45, 2.75) is 57.2 Å². The van der Waals surface area contributed by atoms with Crippen LogP contribution in [0, 0.1) is 5.82 Å². The van der Waals surface area contributed by atoms with Gasteiger partial charge in [0.2, 0.25) is 5.91 Å². The lowest BCUT2D eigenvalue weighted by Crippen LogP contribution is -2.41. The molecule has 0 unspecified atom stereocenters. The molecule has 1 N–H and O–H groups in total. The second-order valence-electron chi connectivity index (χ2n) is 8.75. The van der Waals surface area contributed by atoms with E-state index in [-0.39, 0.29) is 11.7 Å². The molecule has 1 aliphatic heterocycles. The molecule has 2 aliphatic rings. The average molecular weight is 381 g/mol. The van der Waals surface area contributed by atoms with Crippen molar-refractivity contribution in [3.8, 4) is 0 Å². The van der Waals surface area contributed by atoms with Crippen LogP contribution in [-0.4, -0.2) is 24.2 Å². The van der Waals surface area contributed by atoms with Crippen LogP contribution in [0.5, 0.6) is 0 Å². The molecular formula is C22H25BFNO3. The summed E-state index contributed by atoms with van der Waals surface area (Å²) >= 11 is 0. The number of hydrogen-bond donors (Lipinski definition) is 1. The highest BCUT2D eigenvalue weighted by atomic mass is 19.1. The van der Waals surface area contributed by atoms with Crippen molar-refractivity contribution in [3.05, 3.63) is 59.9 Å². The first-order valence-electron chi connectivity index (χ1n) is 9.66. The van der Waals surface area contributed by atoms with Gasteiger partial charge in [0.05, 0.1) is 16.6 Å². The molecule has 0 spiro atoms. The van der Waals surface area contributed by atoms with Gasteiger partial charge in [0.1, 0.15) is 5.82 Å². The molecule has 2 aromatic rings. The summed E-state index contributed by atoms with van der Waals surface area (Å²) in [5, 5.41) is 2.99. The molecule has 1 aliphatic carbocycles. The fourth-order valence-electron chi connectivity index (χ4n) is 3.49. The van der Waals surface area contributed by atoms with Crippen molar-refractivity contribution >= 4 is 24.2 Å². The first kappa shape index (κ1) is 19.2. The third-order valence-electron chi connectivity index (χ3n) is 6.28. The molecule has 0 atom stereocenters. The van der Waals surface area contributed by atoms with Crippen LogP contribution in [0.1, 0.15) is 46.1 Å². The van der Waals surface area contributed by atoms with Gasteiger partial charge in [-0.05, 0) is 75.8 Å². The number of benzene rings is 2. The van der Waals surface area contributed by atoms with E-state index < -0.39 is 23.7 Å². The molecule has 4 nitrogen and oxygen atoms in total. The molecule has 1 amide bonds. The van der Waals surface area contributed by atoms with Gasteiger partial charge in [-0.2, -0.15) is 0 Å². The highest BCUT2D eigenvalue weighted by molar-refractivity contribution is 6.62. The fraction of sp³-hybridized carbons (Fsp3) is 0.409. The number of carbonyl (C=O) groups is 1. The highest BCUT2D eigenvalue weighted by Gasteiger charge is 2.52. The molecule has 1 saturated carbocycles. The van der Waals surface area contributed by atoms with Gasteiger partial charge in [0.15, 0.2) is 0 Å². The van der Waals surface area contributed by atoms with E-state index in [2.05, 4.69) is 5.32 Å². The summed E-state index contributed by atoms with van der Waals surface area (Å²) in [4.78, 5) is 12.8. The van der Waals surface area contributed by atoms with E-state index in [1.54, 1.807) is 12.1 Å². The number of nitrogens with one attached hydrogen (secondary N) is 1. The van der Waals surface area contributed by atoms with E-state index in [1.165, 1.54) is 12.1 Å². The zero-order valence-electron chi connectivity index (χ0n) is 16.7. The Bertz CT molecular complexity index is 873. The monoisotopic (exact) mass is 381 g/mol. The summed E-state index contributed by atoms with van der Waals surface area (Å²) in [7, 11) is -0.427. The summed E-state index contributed by atoms with van der Waals surface area (Å²) in [5.74, 6) is -0.347. The zero-order valence-corrected chi connectivity index (χ0v) is 16.7. The standard InChI is InChI=1S/C22H25BFNO3/c1-20(2)21(3,4)28-23(27-20)16-7-11-18(12-8-16)25-19(26)22(13-14-22)15-5-9-17(24)10-6-15/h5-12H,13-14H2,1-4H3,(H,25,26). The van der Waals surface area contributed by atoms with Gasteiger partial charge in [0.25, 0.3) is 0 Å². The molecule has 146 valence electrons. The zero-order chi connectivity index (χ0) is 20.2. The van der Waals surface area contributed by atoms with Crippen LogP contribution in [0.15, 0.2) is 48.5 Å². The predicted molar refractivity (Wildman–Crippen MR) is 108 cm³/mol. The van der Waals surface area contributed by atoms with Crippen molar-refractivity contribution < 1.29 is 18.5 Å². The predicted octanol–water partition coefficient (Wildman–Crippen LogP) is 3.80. The Kier molecular flexibility index (Phi) is 4.40. The number of anilines is 1. The van der Waals surface area contributed by atoms with Crippen molar-refractivity contribution in [2.75, 3.05) is 5.32 Å². The van der Waals surface area contributed by atoms with E-state index in [0.29, 0.717) is 0 Å².